The quantitative estimate of drug-likeness (QED) is 0.259. The molecule has 41 heavy (non-hydrogen) atoms. The first-order chi connectivity index (χ1) is 19.8. The Labute approximate surface area is 252 Å². The van der Waals surface area contributed by atoms with Gasteiger partial charge in [0.15, 0.2) is 0 Å². The molecule has 8 heteroatoms. The highest BCUT2D eigenvalue weighted by Gasteiger charge is 2.38. The molecule has 1 saturated heterocycles. The van der Waals surface area contributed by atoms with Crippen LogP contribution >= 0.6 is 23.2 Å². The number of nitrogens with one attached hydrogen (secondary N) is 3. The molecule has 1 aliphatic heterocycles. The number of benzene rings is 3. The molecule has 2 aliphatic rings. The van der Waals surface area contributed by atoms with Crippen LogP contribution in [0.4, 0.5) is 16.2 Å². The van der Waals surface area contributed by atoms with Crippen LogP contribution in [0.2, 0.25) is 10.0 Å². The van der Waals surface area contributed by atoms with E-state index in [-0.39, 0.29) is 17.4 Å². The minimum absolute atomic E-state index is 0.0889. The summed E-state index contributed by atoms with van der Waals surface area (Å²) < 4.78 is 0. The van der Waals surface area contributed by atoms with E-state index in [0.29, 0.717) is 28.3 Å². The molecular formula is C33H38Cl2N4O2. The zero-order chi connectivity index (χ0) is 28.8. The third kappa shape index (κ3) is 7.62. The zero-order valence-corrected chi connectivity index (χ0v) is 25.0. The molecule has 3 aromatic carbocycles. The molecule has 0 aromatic heterocycles. The number of rotatable bonds is 7. The number of likely N-dealkylation sites (tertiary alicyclic amines) is 1. The van der Waals surface area contributed by atoms with Crippen molar-refractivity contribution in [3.05, 3.63) is 82.3 Å². The number of hydrogen-bond donors (Lipinski definition) is 3. The summed E-state index contributed by atoms with van der Waals surface area (Å²) in [5, 5.41) is 9.84. The van der Waals surface area contributed by atoms with Gasteiger partial charge in [0, 0.05) is 46.3 Å². The van der Waals surface area contributed by atoms with Gasteiger partial charge in [-0.05, 0) is 85.8 Å². The van der Waals surface area contributed by atoms with Crippen LogP contribution in [0.15, 0.2) is 66.7 Å². The van der Waals surface area contributed by atoms with Gasteiger partial charge >= 0.3 is 6.03 Å². The molecule has 0 spiro atoms. The van der Waals surface area contributed by atoms with Crippen LogP contribution in [0.5, 0.6) is 0 Å². The number of halogens is 2. The van der Waals surface area contributed by atoms with E-state index in [0.717, 1.165) is 42.7 Å². The molecule has 216 valence electrons. The number of amides is 3. The molecule has 0 bridgehead atoms. The first kappa shape index (κ1) is 29.4. The molecule has 1 heterocycles. The summed E-state index contributed by atoms with van der Waals surface area (Å²) in [7, 11) is 0. The van der Waals surface area contributed by atoms with Crippen molar-refractivity contribution in [2.24, 2.45) is 0 Å². The first-order valence-corrected chi connectivity index (χ1v) is 15.3. The Kier molecular flexibility index (Phi) is 9.53. The van der Waals surface area contributed by atoms with Crippen LogP contribution in [0.1, 0.15) is 57.4 Å². The number of carbonyl (C=O) groups is 2. The maximum Gasteiger partial charge on any atom is 0.319 e. The molecule has 1 aliphatic carbocycles. The molecule has 3 aromatic rings. The van der Waals surface area contributed by atoms with Crippen LogP contribution in [-0.2, 0) is 10.2 Å². The van der Waals surface area contributed by atoms with Gasteiger partial charge < -0.3 is 20.9 Å². The third-order valence-electron chi connectivity index (χ3n) is 8.57. The Balaban J connectivity index is 1.33. The maximum atomic E-state index is 13.0. The molecule has 3 amide bonds. The van der Waals surface area contributed by atoms with E-state index in [9.17, 15) is 9.59 Å². The lowest BCUT2D eigenvalue weighted by Crippen LogP contribution is -2.52. The summed E-state index contributed by atoms with van der Waals surface area (Å²) in [5.41, 5.74) is 4.52. The lowest BCUT2D eigenvalue weighted by Gasteiger charge is -2.46. The summed E-state index contributed by atoms with van der Waals surface area (Å²) in [5.74, 6) is -0.0889. The third-order valence-corrected chi connectivity index (χ3v) is 9.00. The van der Waals surface area contributed by atoms with Gasteiger partial charge in [0.25, 0.3) is 0 Å². The van der Waals surface area contributed by atoms with E-state index in [2.05, 4.69) is 45.1 Å². The molecule has 6 nitrogen and oxygen atoms in total. The SMILES string of the molecule is CC(=O)Nc1cccc(-c2ccc(C3(CNC(=O)Nc4cc(Cl)cc(Cl)c4)CCN(C4CCCCC4)CC3)cc2)c1. The van der Waals surface area contributed by atoms with E-state index in [1.165, 1.54) is 44.6 Å². The summed E-state index contributed by atoms with van der Waals surface area (Å²) in [6.07, 6.45) is 8.54. The van der Waals surface area contributed by atoms with Gasteiger partial charge in [-0.15, -0.1) is 0 Å². The van der Waals surface area contributed by atoms with Crippen LogP contribution in [0.25, 0.3) is 11.1 Å². The van der Waals surface area contributed by atoms with Crippen molar-refractivity contribution in [2.45, 2.75) is 63.3 Å². The Hall–Kier alpha value is -3.06. The van der Waals surface area contributed by atoms with Crippen LogP contribution in [0, 0.1) is 0 Å². The van der Waals surface area contributed by atoms with Crippen molar-refractivity contribution in [3.63, 3.8) is 0 Å². The fourth-order valence-electron chi connectivity index (χ4n) is 6.38. The molecular weight excluding hydrogens is 555 g/mol. The van der Waals surface area contributed by atoms with E-state index in [1.807, 2.05) is 24.3 Å². The van der Waals surface area contributed by atoms with Gasteiger partial charge in [-0.25, -0.2) is 4.79 Å². The normalized spacial score (nSPS) is 17.5. The second-order valence-corrected chi connectivity index (χ2v) is 12.3. The predicted octanol–water partition coefficient (Wildman–Crippen LogP) is 8.11. The van der Waals surface area contributed by atoms with Crippen molar-refractivity contribution in [2.75, 3.05) is 30.3 Å². The highest BCUT2D eigenvalue weighted by atomic mass is 35.5. The van der Waals surface area contributed by atoms with E-state index in [4.69, 9.17) is 23.2 Å². The number of nitrogens with zero attached hydrogens (tertiary/aromatic N) is 1. The smallest absolute Gasteiger partial charge is 0.319 e. The van der Waals surface area contributed by atoms with Gasteiger partial charge in [-0.3, -0.25) is 4.79 Å². The Bertz CT molecular complexity index is 1340. The van der Waals surface area contributed by atoms with Gasteiger partial charge in [-0.2, -0.15) is 0 Å². The van der Waals surface area contributed by atoms with Gasteiger partial charge in [0.05, 0.1) is 0 Å². The van der Waals surface area contributed by atoms with Crippen LogP contribution < -0.4 is 16.0 Å². The highest BCUT2D eigenvalue weighted by Crippen LogP contribution is 2.38. The van der Waals surface area contributed by atoms with Crippen molar-refractivity contribution in [3.8, 4) is 11.1 Å². The van der Waals surface area contributed by atoms with Gasteiger partial charge in [0.2, 0.25) is 5.91 Å². The predicted molar refractivity (Wildman–Crippen MR) is 169 cm³/mol. The lowest BCUT2D eigenvalue weighted by molar-refractivity contribution is -0.114. The largest absolute Gasteiger partial charge is 0.337 e. The van der Waals surface area contributed by atoms with Crippen LogP contribution in [-0.4, -0.2) is 42.5 Å². The number of carbonyl (C=O) groups excluding carboxylic acids is 2. The summed E-state index contributed by atoms with van der Waals surface area (Å²) in [4.78, 5) is 27.2. The van der Waals surface area contributed by atoms with Crippen molar-refractivity contribution in [1.82, 2.24) is 10.2 Å². The van der Waals surface area contributed by atoms with Crippen molar-refractivity contribution >= 4 is 46.5 Å². The second-order valence-electron chi connectivity index (χ2n) is 11.4. The van der Waals surface area contributed by atoms with Gasteiger partial charge in [-0.1, -0.05) is 78.9 Å². The number of urea groups is 1. The molecule has 0 atom stereocenters. The van der Waals surface area contributed by atoms with E-state index in [1.54, 1.807) is 18.2 Å². The first-order valence-electron chi connectivity index (χ1n) is 14.5. The fraction of sp³-hybridized carbons (Fsp3) is 0.394. The van der Waals surface area contributed by atoms with Crippen molar-refractivity contribution < 1.29 is 9.59 Å². The second kappa shape index (κ2) is 13.3. The zero-order valence-electron chi connectivity index (χ0n) is 23.5. The molecule has 2 fully saturated rings. The molecule has 5 rings (SSSR count). The van der Waals surface area contributed by atoms with E-state index >= 15 is 0 Å². The average molecular weight is 594 g/mol. The topological polar surface area (TPSA) is 73.5 Å². The Morgan fingerprint density at radius 2 is 1.51 bits per heavy atom. The molecule has 0 radical (unpaired) electrons. The number of hydrogen-bond acceptors (Lipinski definition) is 3. The Morgan fingerprint density at radius 1 is 0.829 bits per heavy atom. The minimum Gasteiger partial charge on any atom is -0.337 e. The molecule has 1 saturated carbocycles. The monoisotopic (exact) mass is 592 g/mol. The van der Waals surface area contributed by atoms with Crippen molar-refractivity contribution in [1.29, 1.82) is 0 Å². The highest BCUT2D eigenvalue weighted by molar-refractivity contribution is 6.35. The molecule has 3 N–H and O–H groups in total. The fourth-order valence-corrected chi connectivity index (χ4v) is 6.90. The minimum atomic E-state index is -0.274. The summed E-state index contributed by atoms with van der Waals surface area (Å²) in [6, 6.07) is 22.0. The maximum absolute atomic E-state index is 13.0. The lowest BCUT2D eigenvalue weighted by atomic mass is 9.72. The Morgan fingerprint density at radius 3 is 2.17 bits per heavy atom. The molecule has 0 unspecified atom stereocenters. The van der Waals surface area contributed by atoms with E-state index < -0.39 is 0 Å². The van der Waals surface area contributed by atoms with Crippen LogP contribution in [0.3, 0.4) is 0 Å². The average Bonchev–Trinajstić information content (AvgIpc) is 2.96. The summed E-state index contributed by atoms with van der Waals surface area (Å²) >= 11 is 12.2. The number of piperidine rings is 1. The number of anilines is 2. The van der Waals surface area contributed by atoms with Gasteiger partial charge in [0.1, 0.15) is 0 Å². The summed E-state index contributed by atoms with van der Waals surface area (Å²) in [6.45, 7) is 4.10. The standard InChI is InChI=1S/C33H38Cl2N4O2/c1-23(40)37-29-7-5-6-25(18-29)24-10-12-26(13-11-24)33(14-16-39(17-15-33)31-8-3-2-4-9-31)22-36-32(41)38-30-20-27(34)19-28(35)21-30/h5-7,10-13,18-21,31H,2-4,8-9,14-17,22H2,1H3,(H,37,40)(H2,36,38,41).